The van der Waals surface area contributed by atoms with Gasteiger partial charge >= 0.3 is 6.18 Å². The first-order valence-electron chi connectivity index (χ1n) is 5.68. The molecule has 0 saturated heterocycles. The fraction of sp³-hybridized carbons (Fsp3) is 0.700. The van der Waals surface area contributed by atoms with Gasteiger partial charge in [-0.3, -0.25) is 5.10 Å². The Morgan fingerprint density at radius 2 is 1.89 bits per heavy atom. The zero-order valence-corrected chi connectivity index (χ0v) is 11.7. The van der Waals surface area contributed by atoms with Crippen LogP contribution in [0.4, 0.5) is 13.2 Å². The number of aromatic amines is 1. The Labute approximate surface area is 109 Å². The van der Waals surface area contributed by atoms with Gasteiger partial charge in [0, 0.05) is 6.54 Å². The van der Waals surface area contributed by atoms with Gasteiger partial charge < -0.3 is 0 Å². The first kappa shape index (κ1) is 16.0. The maximum Gasteiger partial charge on any atom is 0.402 e. The van der Waals surface area contributed by atoms with Crippen molar-refractivity contribution >= 4 is 10.0 Å². The molecule has 0 saturated carbocycles. The standard InChI is InChI=1S/C10H16F3N3O2S/c1-4-5-16(6-10(11,12)13)19(17,18)9-7(2)14-15-8(9)3/h4-6H2,1-3H3,(H,14,15). The molecule has 19 heavy (non-hydrogen) atoms. The summed E-state index contributed by atoms with van der Waals surface area (Å²) in [5.74, 6) is 0. The lowest BCUT2D eigenvalue weighted by molar-refractivity contribution is -0.136. The van der Waals surface area contributed by atoms with Crippen LogP contribution >= 0.6 is 0 Å². The number of alkyl halides is 3. The molecule has 0 amide bonds. The zero-order valence-electron chi connectivity index (χ0n) is 10.9. The van der Waals surface area contributed by atoms with E-state index in [0.717, 1.165) is 0 Å². The van der Waals surface area contributed by atoms with E-state index in [2.05, 4.69) is 10.2 Å². The van der Waals surface area contributed by atoms with Crippen molar-refractivity contribution in [2.24, 2.45) is 0 Å². The number of aromatic nitrogens is 2. The highest BCUT2D eigenvalue weighted by Gasteiger charge is 2.38. The van der Waals surface area contributed by atoms with E-state index >= 15 is 0 Å². The summed E-state index contributed by atoms with van der Waals surface area (Å²) < 4.78 is 62.4. The molecule has 1 N–H and O–H groups in total. The summed E-state index contributed by atoms with van der Waals surface area (Å²) >= 11 is 0. The van der Waals surface area contributed by atoms with E-state index < -0.39 is 22.7 Å². The van der Waals surface area contributed by atoms with Crippen LogP contribution in [0.2, 0.25) is 0 Å². The lowest BCUT2D eigenvalue weighted by atomic mass is 10.4. The minimum Gasteiger partial charge on any atom is -0.281 e. The summed E-state index contributed by atoms with van der Waals surface area (Å²) in [5.41, 5.74) is 0.404. The van der Waals surface area contributed by atoms with E-state index in [0.29, 0.717) is 10.7 Å². The number of H-pyrrole nitrogens is 1. The quantitative estimate of drug-likeness (QED) is 0.904. The minimum atomic E-state index is -4.58. The number of rotatable bonds is 5. The van der Waals surface area contributed by atoms with Crippen LogP contribution in [-0.4, -0.2) is 42.2 Å². The SMILES string of the molecule is CCCN(CC(F)(F)F)S(=O)(=O)c1c(C)n[nH]c1C. The molecule has 0 bridgehead atoms. The van der Waals surface area contributed by atoms with Crippen molar-refractivity contribution < 1.29 is 21.6 Å². The Balaban J connectivity index is 3.21. The van der Waals surface area contributed by atoms with E-state index in [9.17, 15) is 21.6 Å². The average molecular weight is 299 g/mol. The largest absolute Gasteiger partial charge is 0.402 e. The van der Waals surface area contributed by atoms with Gasteiger partial charge in [-0.2, -0.15) is 22.6 Å². The molecule has 1 heterocycles. The third-order valence-electron chi connectivity index (χ3n) is 2.49. The second-order valence-corrected chi connectivity index (χ2v) is 6.09. The third kappa shape index (κ3) is 3.69. The Morgan fingerprint density at radius 1 is 1.32 bits per heavy atom. The molecule has 0 fully saturated rings. The van der Waals surface area contributed by atoms with Crippen LogP contribution in [0.5, 0.6) is 0 Å². The molecule has 0 aliphatic heterocycles. The van der Waals surface area contributed by atoms with E-state index in [-0.39, 0.29) is 22.8 Å². The smallest absolute Gasteiger partial charge is 0.281 e. The molecule has 1 aromatic rings. The van der Waals surface area contributed by atoms with Gasteiger partial charge in [0.15, 0.2) is 0 Å². The number of hydrogen-bond donors (Lipinski definition) is 1. The van der Waals surface area contributed by atoms with E-state index in [1.54, 1.807) is 6.92 Å². The molecule has 1 rings (SSSR count). The van der Waals surface area contributed by atoms with E-state index in [1.807, 2.05) is 0 Å². The molecule has 0 radical (unpaired) electrons. The maximum atomic E-state index is 12.5. The van der Waals surface area contributed by atoms with Crippen molar-refractivity contribution in [1.82, 2.24) is 14.5 Å². The van der Waals surface area contributed by atoms with Gasteiger partial charge in [0.1, 0.15) is 11.4 Å². The Morgan fingerprint density at radius 3 is 2.26 bits per heavy atom. The third-order valence-corrected chi connectivity index (χ3v) is 4.60. The number of hydrogen-bond acceptors (Lipinski definition) is 3. The lowest BCUT2D eigenvalue weighted by Crippen LogP contribution is -2.39. The van der Waals surface area contributed by atoms with E-state index in [4.69, 9.17) is 0 Å². The average Bonchev–Trinajstić information content (AvgIpc) is 2.56. The van der Waals surface area contributed by atoms with Crippen LogP contribution in [0.1, 0.15) is 24.7 Å². The molecule has 0 aromatic carbocycles. The van der Waals surface area contributed by atoms with Crippen molar-refractivity contribution in [2.75, 3.05) is 13.1 Å². The number of aryl methyl sites for hydroxylation is 2. The first-order valence-corrected chi connectivity index (χ1v) is 7.12. The summed E-state index contributed by atoms with van der Waals surface area (Å²) in [4.78, 5) is -0.176. The second-order valence-electron chi connectivity index (χ2n) is 4.22. The van der Waals surface area contributed by atoms with Crippen molar-refractivity contribution in [3.63, 3.8) is 0 Å². The summed E-state index contributed by atoms with van der Waals surface area (Å²) in [6.45, 7) is 2.84. The molecule has 0 unspecified atom stereocenters. The summed E-state index contributed by atoms with van der Waals surface area (Å²) in [6.07, 6.45) is -4.28. The van der Waals surface area contributed by atoms with Crippen molar-refractivity contribution in [3.05, 3.63) is 11.4 Å². The first-order chi connectivity index (χ1) is 8.59. The normalized spacial score (nSPS) is 13.2. The molecule has 0 aliphatic rings. The molecule has 5 nitrogen and oxygen atoms in total. The fourth-order valence-electron chi connectivity index (χ4n) is 1.78. The molecular weight excluding hydrogens is 283 g/mol. The second kappa shape index (κ2) is 5.49. The molecule has 9 heteroatoms. The molecular formula is C10H16F3N3O2S. The number of sulfonamides is 1. The molecule has 0 spiro atoms. The van der Waals surface area contributed by atoms with Crippen LogP contribution in [-0.2, 0) is 10.0 Å². The van der Waals surface area contributed by atoms with Gasteiger partial charge in [0.25, 0.3) is 0 Å². The van der Waals surface area contributed by atoms with Crippen LogP contribution in [0.3, 0.4) is 0 Å². The highest BCUT2D eigenvalue weighted by atomic mass is 32.2. The van der Waals surface area contributed by atoms with Gasteiger partial charge in [-0.05, 0) is 20.3 Å². The van der Waals surface area contributed by atoms with Crippen LogP contribution in [0, 0.1) is 13.8 Å². The zero-order chi connectivity index (χ0) is 14.8. The molecule has 110 valence electrons. The lowest BCUT2D eigenvalue weighted by Gasteiger charge is -2.22. The predicted octanol–water partition coefficient (Wildman–Crippen LogP) is 1.99. The highest BCUT2D eigenvalue weighted by Crippen LogP contribution is 2.25. The van der Waals surface area contributed by atoms with Gasteiger partial charge in [-0.1, -0.05) is 6.92 Å². The van der Waals surface area contributed by atoms with Crippen molar-refractivity contribution in [1.29, 1.82) is 0 Å². The van der Waals surface area contributed by atoms with Gasteiger partial charge in [-0.15, -0.1) is 0 Å². The maximum absolute atomic E-state index is 12.5. The van der Waals surface area contributed by atoms with Crippen molar-refractivity contribution in [3.8, 4) is 0 Å². The minimum absolute atomic E-state index is 0.167. The highest BCUT2D eigenvalue weighted by molar-refractivity contribution is 7.89. The summed E-state index contributed by atoms with van der Waals surface area (Å²) in [7, 11) is -4.19. The van der Waals surface area contributed by atoms with Crippen LogP contribution in [0.25, 0.3) is 0 Å². The molecule has 0 atom stereocenters. The Hall–Kier alpha value is -1.09. The van der Waals surface area contributed by atoms with Crippen LogP contribution in [0.15, 0.2) is 4.90 Å². The topological polar surface area (TPSA) is 66.1 Å². The number of halogens is 3. The number of nitrogens with zero attached hydrogens (tertiary/aromatic N) is 2. The molecule has 0 aliphatic carbocycles. The van der Waals surface area contributed by atoms with Gasteiger partial charge in [-0.25, -0.2) is 8.42 Å². The van der Waals surface area contributed by atoms with E-state index in [1.165, 1.54) is 13.8 Å². The fourth-order valence-corrected chi connectivity index (χ4v) is 3.63. The predicted molar refractivity (Wildman–Crippen MR) is 63.2 cm³/mol. The number of nitrogens with one attached hydrogen (secondary N) is 1. The molecule has 1 aromatic heterocycles. The summed E-state index contributed by atoms with van der Waals surface area (Å²) in [5, 5.41) is 6.18. The van der Waals surface area contributed by atoms with Gasteiger partial charge in [0.05, 0.1) is 11.4 Å². The summed E-state index contributed by atoms with van der Waals surface area (Å²) in [6, 6.07) is 0. The van der Waals surface area contributed by atoms with Crippen LogP contribution < -0.4 is 0 Å². The Kier molecular flexibility index (Phi) is 4.62. The van der Waals surface area contributed by atoms with Crippen molar-refractivity contribution in [2.45, 2.75) is 38.3 Å². The van der Waals surface area contributed by atoms with Gasteiger partial charge in [0.2, 0.25) is 10.0 Å². The Bertz CT molecular complexity index is 517. The monoisotopic (exact) mass is 299 g/mol.